The summed E-state index contributed by atoms with van der Waals surface area (Å²) >= 11 is 0. The lowest BCUT2D eigenvalue weighted by atomic mass is 10.3. The van der Waals surface area contributed by atoms with Crippen LogP contribution >= 0.6 is 0 Å². The van der Waals surface area contributed by atoms with Crippen molar-refractivity contribution in [3.63, 3.8) is 0 Å². The smallest absolute Gasteiger partial charge is 0.406 e. The van der Waals surface area contributed by atoms with E-state index in [1.54, 1.807) is 13.8 Å². The molecule has 0 heterocycles. The van der Waals surface area contributed by atoms with E-state index >= 15 is 0 Å². The number of methoxy groups -OCH3 is 1. The van der Waals surface area contributed by atoms with Crippen molar-refractivity contribution in [1.29, 1.82) is 0 Å². The van der Waals surface area contributed by atoms with Gasteiger partial charge in [0.25, 0.3) is 0 Å². The average molecular weight is 203 g/mol. The molecule has 0 aliphatic carbocycles. The minimum atomic E-state index is -0.484. The first kappa shape index (κ1) is 12.7. The van der Waals surface area contributed by atoms with E-state index in [0.717, 1.165) is 0 Å². The third kappa shape index (κ3) is 7.39. The van der Waals surface area contributed by atoms with E-state index in [9.17, 15) is 9.59 Å². The van der Waals surface area contributed by atoms with Crippen molar-refractivity contribution in [2.24, 2.45) is 0 Å². The topological polar surface area (TPSA) is 64.6 Å². The highest BCUT2D eigenvalue weighted by atomic mass is 16.5. The first-order valence-corrected chi connectivity index (χ1v) is 4.57. The first-order valence-electron chi connectivity index (χ1n) is 4.57. The molecule has 5 nitrogen and oxygen atoms in total. The second-order valence-corrected chi connectivity index (χ2v) is 3.06. The van der Waals surface area contributed by atoms with E-state index in [2.05, 4.69) is 10.1 Å². The van der Waals surface area contributed by atoms with Gasteiger partial charge in [0.1, 0.15) is 0 Å². The maximum atomic E-state index is 11.0. The lowest BCUT2D eigenvalue weighted by Crippen LogP contribution is -2.24. The number of hydrogen-bond donors (Lipinski definition) is 1. The molecule has 14 heavy (non-hydrogen) atoms. The fourth-order valence-corrected chi connectivity index (χ4v) is 0.817. The van der Waals surface area contributed by atoms with Crippen molar-refractivity contribution in [3.05, 3.63) is 0 Å². The lowest BCUT2D eigenvalue weighted by molar-refractivity contribution is -0.147. The van der Waals surface area contributed by atoms with Crippen molar-refractivity contribution >= 4 is 12.1 Å². The van der Waals surface area contributed by atoms with Gasteiger partial charge < -0.3 is 14.8 Å². The third-order valence-corrected chi connectivity index (χ3v) is 1.38. The summed E-state index contributed by atoms with van der Waals surface area (Å²) in [5.74, 6) is -0.244. The molecule has 0 aliphatic rings. The van der Waals surface area contributed by atoms with Gasteiger partial charge >= 0.3 is 12.1 Å². The number of carbonyl (C=O) groups excluding carboxylic acids is 2. The number of esters is 1. The highest BCUT2D eigenvalue weighted by molar-refractivity contribution is 5.70. The Balaban J connectivity index is 3.36. The quantitative estimate of drug-likeness (QED) is 0.536. The third-order valence-electron chi connectivity index (χ3n) is 1.38. The Hall–Kier alpha value is -1.26. The van der Waals surface area contributed by atoms with Crippen LogP contribution in [0.3, 0.4) is 0 Å². The molecule has 5 heteroatoms. The standard InChI is InChI=1S/C9H17NO4/c1-7(2)14-8(11)5-4-6-10-9(12)13-3/h7H,4-6H2,1-3H3,(H,10,12). The van der Waals surface area contributed by atoms with Gasteiger partial charge in [-0.3, -0.25) is 4.79 Å². The van der Waals surface area contributed by atoms with Gasteiger partial charge in [-0.2, -0.15) is 0 Å². The highest BCUT2D eigenvalue weighted by Crippen LogP contribution is 1.95. The molecule has 0 radical (unpaired) electrons. The van der Waals surface area contributed by atoms with E-state index in [1.165, 1.54) is 7.11 Å². The second-order valence-electron chi connectivity index (χ2n) is 3.06. The van der Waals surface area contributed by atoms with Gasteiger partial charge in [0, 0.05) is 13.0 Å². The van der Waals surface area contributed by atoms with Gasteiger partial charge in [0.15, 0.2) is 0 Å². The van der Waals surface area contributed by atoms with Crippen LogP contribution in [0, 0.1) is 0 Å². The van der Waals surface area contributed by atoms with E-state index in [0.29, 0.717) is 19.4 Å². The molecule has 0 spiro atoms. The molecule has 0 aliphatic heterocycles. The van der Waals surface area contributed by atoms with Crippen molar-refractivity contribution < 1.29 is 19.1 Å². The molecule has 0 rings (SSSR count). The molecule has 0 unspecified atom stereocenters. The minimum absolute atomic E-state index is 0.0870. The monoisotopic (exact) mass is 203 g/mol. The summed E-state index contributed by atoms with van der Waals surface area (Å²) in [5, 5.41) is 2.47. The van der Waals surface area contributed by atoms with Crippen LogP contribution in [0.15, 0.2) is 0 Å². The highest BCUT2D eigenvalue weighted by Gasteiger charge is 2.05. The Morgan fingerprint density at radius 1 is 1.36 bits per heavy atom. The first-order chi connectivity index (χ1) is 6.56. The van der Waals surface area contributed by atoms with Crippen molar-refractivity contribution in [2.75, 3.05) is 13.7 Å². The Morgan fingerprint density at radius 3 is 2.50 bits per heavy atom. The van der Waals surface area contributed by atoms with Crippen LogP contribution in [0.25, 0.3) is 0 Å². The average Bonchev–Trinajstić information content (AvgIpc) is 2.10. The van der Waals surface area contributed by atoms with Crippen LogP contribution in [-0.4, -0.2) is 31.8 Å². The SMILES string of the molecule is COC(=O)NCCCC(=O)OC(C)C. The number of ether oxygens (including phenoxy) is 2. The minimum Gasteiger partial charge on any atom is -0.463 e. The Bertz CT molecular complexity index is 191. The maximum Gasteiger partial charge on any atom is 0.406 e. The van der Waals surface area contributed by atoms with Gasteiger partial charge in [-0.05, 0) is 20.3 Å². The van der Waals surface area contributed by atoms with E-state index in [1.807, 2.05) is 0 Å². The summed E-state index contributed by atoms with van der Waals surface area (Å²) < 4.78 is 9.26. The van der Waals surface area contributed by atoms with Gasteiger partial charge in [-0.15, -0.1) is 0 Å². The zero-order valence-electron chi connectivity index (χ0n) is 8.83. The van der Waals surface area contributed by atoms with Gasteiger partial charge in [-0.25, -0.2) is 4.79 Å². The molecule has 1 N–H and O–H groups in total. The summed E-state index contributed by atoms with van der Waals surface area (Å²) in [6.07, 6.45) is 0.293. The van der Waals surface area contributed by atoms with Crippen molar-refractivity contribution in [2.45, 2.75) is 32.8 Å². The van der Waals surface area contributed by atoms with Crippen LogP contribution in [0.2, 0.25) is 0 Å². The van der Waals surface area contributed by atoms with Crippen molar-refractivity contribution in [1.82, 2.24) is 5.32 Å². The van der Waals surface area contributed by atoms with E-state index in [4.69, 9.17) is 4.74 Å². The number of nitrogens with one attached hydrogen (secondary N) is 1. The molecule has 0 bridgehead atoms. The fourth-order valence-electron chi connectivity index (χ4n) is 0.817. The Morgan fingerprint density at radius 2 is 2.00 bits per heavy atom. The fraction of sp³-hybridized carbons (Fsp3) is 0.778. The largest absolute Gasteiger partial charge is 0.463 e. The molecule has 1 amide bonds. The second kappa shape index (κ2) is 7.17. The summed E-state index contributed by atoms with van der Waals surface area (Å²) in [5.41, 5.74) is 0. The Kier molecular flexibility index (Phi) is 6.53. The van der Waals surface area contributed by atoms with Gasteiger partial charge in [0.05, 0.1) is 13.2 Å². The lowest BCUT2D eigenvalue weighted by Gasteiger charge is -2.07. The number of amides is 1. The predicted molar refractivity (Wildman–Crippen MR) is 50.9 cm³/mol. The molecule has 0 atom stereocenters. The molecule has 0 fully saturated rings. The zero-order chi connectivity index (χ0) is 11.0. The summed E-state index contributed by atoms with van der Waals surface area (Å²) in [4.78, 5) is 21.6. The van der Waals surface area contributed by atoms with Crippen LogP contribution in [0.1, 0.15) is 26.7 Å². The number of rotatable bonds is 5. The van der Waals surface area contributed by atoms with E-state index in [-0.39, 0.29) is 12.1 Å². The molecule has 82 valence electrons. The molecular formula is C9H17NO4. The molecule has 0 saturated carbocycles. The number of alkyl carbamates (subject to hydrolysis) is 1. The maximum absolute atomic E-state index is 11.0. The van der Waals surface area contributed by atoms with Crippen LogP contribution in [0.5, 0.6) is 0 Å². The van der Waals surface area contributed by atoms with E-state index < -0.39 is 6.09 Å². The molecule has 0 aromatic carbocycles. The van der Waals surface area contributed by atoms with Gasteiger partial charge in [0.2, 0.25) is 0 Å². The van der Waals surface area contributed by atoms with Crippen LogP contribution < -0.4 is 5.32 Å². The summed E-state index contributed by atoms with van der Waals surface area (Å²) in [7, 11) is 1.29. The molecule has 0 aromatic heterocycles. The summed E-state index contributed by atoms with van der Waals surface area (Å²) in [6.45, 7) is 4.01. The number of hydrogen-bond acceptors (Lipinski definition) is 4. The molecule has 0 saturated heterocycles. The van der Waals surface area contributed by atoms with Crippen LogP contribution in [-0.2, 0) is 14.3 Å². The predicted octanol–water partition coefficient (Wildman–Crippen LogP) is 1.07. The van der Waals surface area contributed by atoms with Crippen molar-refractivity contribution in [3.8, 4) is 0 Å². The normalized spacial score (nSPS) is 9.71. The molecular weight excluding hydrogens is 186 g/mol. The van der Waals surface area contributed by atoms with Gasteiger partial charge in [-0.1, -0.05) is 0 Å². The summed E-state index contributed by atoms with van der Waals surface area (Å²) in [6, 6.07) is 0. The molecule has 0 aromatic rings. The zero-order valence-corrected chi connectivity index (χ0v) is 8.83. The Labute approximate surface area is 83.8 Å². The van der Waals surface area contributed by atoms with Crippen LogP contribution in [0.4, 0.5) is 4.79 Å². The number of carbonyl (C=O) groups is 2.